The third-order valence-corrected chi connectivity index (χ3v) is 6.72. The maximum atomic E-state index is 12.4. The first-order chi connectivity index (χ1) is 15.2. The molecule has 4 rings (SSSR count). The van der Waals surface area contributed by atoms with Crippen LogP contribution in [0.15, 0.2) is 35.5 Å². The molecule has 9 heteroatoms. The minimum absolute atomic E-state index is 0.100. The van der Waals surface area contributed by atoms with Gasteiger partial charge in [-0.1, -0.05) is 49.2 Å². The maximum Gasteiger partial charge on any atom is 0.321 e. The Morgan fingerprint density at radius 1 is 0.968 bits per heavy atom. The van der Waals surface area contributed by atoms with E-state index in [9.17, 15) is 9.59 Å². The van der Waals surface area contributed by atoms with Gasteiger partial charge in [0.1, 0.15) is 0 Å². The summed E-state index contributed by atoms with van der Waals surface area (Å²) in [6.07, 6.45) is 8.96. The Morgan fingerprint density at radius 3 is 2.42 bits per heavy atom. The predicted molar refractivity (Wildman–Crippen MR) is 122 cm³/mol. The number of hydrogen-bond donors (Lipinski definition) is 2. The van der Waals surface area contributed by atoms with Gasteiger partial charge in [0.25, 0.3) is 0 Å². The highest BCUT2D eigenvalue weighted by Crippen LogP contribution is 2.28. The predicted octanol–water partition coefficient (Wildman–Crippen LogP) is 3.51. The topological polar surface area (TPSA) is 92.2 Å². The Bertz CT molecular complexity index is 875. The molecule has 2 aromatic rings. The maximum absolute atomic E-state index is 12.4. The molecule has 0 spiro atoms. The Labute approximate surface area is 187 Å². The molecular formula is C22H30N6O2S. The smallest absolute Gasteiger partial charge is 0.321 e. The first-order valence-electron chi connectivity index (χ1n) is 11.2. The fraction of sp³-hybridized carbons (Fsp3) is 0.545. The molecule has 2 aliphatic rings. The standard InChI is InChI=1S/C22H30N6O2S/c29-19(24-20(30)23-17-10-4-1-5-11-17)16-31-22-26-25-21(27-14-8-3-9-15-27)28(22)18-12-6-2-7-13-18/h2,6-7,12-13,17H,1,3-5,8-11,14-16H2,(H2,23,24,29,30). The fourth-order valence-corrected chi connectivity index (χ4v) is 4.97. The van der Waals surface area contributed by atoms with Crippen molar-refractivity contribution in [2.24, 2.45) is 0 Å². The molecule has 0 unspecified atom stereocenters. The van der Waals surface area contributed by atoms with Crippen molar-refractivity contribution < 1.29 is 9.59 Å². The number of thioether (sulfide) groups is 1. The molecule has 0 bridgehead atoms. The zero-order chi connectivity index (χ0) is 21.5. The fourth-order valence-electron chi connectivity index (χ4n) is 4.22. The highest BCUT2D eigenvalue weighted by Gasteiger charge is 2.22. The van der Waals surface area contributed by atoms with Crippen molar-refractivity contribution in [2.75, 3.05) is 23.7 Å². The Morgan fingerprint density at radius 2 is 1.68 bits per heavy atom. The van der Waals surface area contributed by atoms with E-state index in [1.54, 1.807) is 0 Å². The average molecular weight is 443 g/mol. The van der Waals surface area contributed by atoms with Crippen LogP contribution < -0.4 is 15.5 Å². The number of carbonyl (C=O) groups is 2. The highest BCUT2D eigenvalue weighted by molar-refractivity contribution is 7.99. The molecule has 1 saturated carbocycles. The van der Waals surface area contributed by atoms with Gasteiger partial charge >= 0.3 is 6.03 Å². The molecule has 0 radical (unpaired) electrons. The van der Waals surface area contributed by atoms with E-state index in [1.165, 1.54) is 24.6 Å². The van der Waals surface area contributed by atoms with E-state index in [0.717, 1.165) is 63.3 Å². The lowest BCUT2D eigenvalue weighted by Crippen LogP contribution is -2.45. The van der Waals surface area contributed by atoms with Crippen LogP contribution >= 0.6 is 11.8 Å². The van der Waals surface area contributed by atoms with Crippen molar-refractivity contribution >= 4 is 29.6 Å². The zero-order valence-corrected chi connectivity index (χ0v) is 18.6. The monoisotopic (exact) mass is 442 g/mol. The normalized spacial score (nSPS) is 17.4. The third-order valence-electron chi connectivity index (χ3n) is 5.80. The minimum Gasteiger partial charge on any atom is -0.341 e. The summed E-state index contributed by atoms with van der Waals surface area (Å²) in [6, 6.07) is 9.72. The Hall–Kier alpha value is -2.55. The lowest BCUT2D eigenvalue weighted by atomic mass is 9.96. The van der Waals surface area contributed by atoms with Gasteiger partial charge in [0.05, 0.1) is 11.4 Å². The van der Waals surface area contributed by atoms with Crippen LogP contribution in [-0.4, -0.2) is 51.6 Å². The van der Waals surface area contributed by atoms with Crippen LogP contribution in [0.2, 0.25) is 0 Å². The molecule has 3 amide bonds. The van der Waals surface area contributed by atoms with Gasteiger partial charge in [0.2, 0.25) is 11.9 Å². The van der Waals surface area contributed by atoms with E-state index in [4.69, 9.17) is 0 Å². The van der Waals surface area contributed by atoms with E-state index >= 15 is 0 Å². The number of anilines is 1. The van der Waals surface area contributed by atoms with Crippen molar-refractivity contribution in [2.45, 2.75) is 62.6 Å². The van der Waals surface area contributed by atoms with E-state index in [0.29, 0.717) is 5.16 Å². The van der Waals surface area contributed by atoms with Gasteiger partial charge in [-0.25, -0.2) is 4.79 Å². The summed E-state index contributed by atoms with van der Waals surface area (Å²) in [4.78, 5) is 26.8. The molecular weight excluding hydrogens is 412 g/mol. The average Bonchev–Trinajstić information content (AvgIpc) is 3.23. The molecule has 1 aromatic heterocycles. The number of nitrogens with one attached hydrogen (secondary N) is 2. The Kier molecular flexibility index (Phi) is 7.45. The van der Waals surface area contributed by atoms with Crippen molar-refractivity contribution in [1.29, 1.82) is 0 Å². The van der Waals surface area contributed by atoms with Gasteiger partial charge in [-0.3, -0.25) is 14.7 Å². The lowest BCUT2D eigenvalue weighted by Gasteiger charge is -2.27. The molecule has 1 aliphatic heterocycles. The van der Waals surface area contributed by atoms with E-state index < -0.39 is 6.03 Å². The van der Waals surface area contributed by atoms with Gasteiger partial charge < -0.3 is 10.2 Å². The number of aromatic nitrogens is 3. The number of para-hydroxylation sites is 1. The largest absolute Gasteiger partial charge is 0.341 e. The first kappa shape index (κ1) is 21.7. The summed E-state index contributed by atoms with van der Waals surface area (Å²) in [5, 5.41) is 14.8. The molecule has 2 N–H and O–H groups in total. The second-order valence-corrected chi connectivity index (χ2v) is 9.09. The van der Waals surface area contributed by atoms with Crippen molar-refractivity contribution in [3.63, 3.8) is 0 Å². The van der Waals surface area contributed by atoms with Gasteiger partial charge in [0.15, 0.2) is 5.16 Å². The van der Waals surface area contributed by atoms with Crippen molar-refractivity contribution in [1.82, 2.24) is 25.4 Å². The molecule has 2 fully saturated rings. The SMILES string of the molecule is O=C(CSc1nnc(N2CCCCC2)n1-c1ccccc1)NC(=O)NC1CCCCC1. The highest BCUT2D eigenvalue weighted by atomic mass is 32.2. The number of urea groups is 1. The second-order valence-electron chi connectivity index (χ2n) is 8.15. The number of amides is 3. The molecule has 31 heavy (non-hydrogen) atoms. The van der Waals surface area contributed by atoms with Gasteiger partial charge in [-0.15, -0.1) is 10.2 Å². The number of hydrogen-bond acceptors (Lipinski definition) is 6. The van der Waals surface area contributed by atoms with Crippen LogP contribution in [0.3, 0.4) is 0 Å². The first-order valence-corrected chi connectivity index (χ1v) is 12.2. The molecule has 0 atom stereocenters. The summed E-state index contributed by atoms with van der Waals surface area (Å²) >= 11 is 1.29. The van der Waals surface area contributed by atoms with Crippen LogP contribution in [0.4, 0.5) is 10.7 Å². The minimum atomic E-state index is -0.406. The van der Waals surface area contributed by atoms with Crippen molar-refractivity contribution in [3.05, 3.63) is 30.3 Å². The lowest BCUT2D eigenvalue weighted by molar-refractivity contribution is -0.117. The van der Waals surface area contributed by atoms with Crippen LogP contribution in [-0.2, 0) is 4.79 Å². The summed E-state index contributed by atoms with van der Waals surface area (Å²) < 4.78 is 2.01. The van der Waals surface area contributed by atoms with Gasteiger partial charge in [-0.05, 0) is 44.2 Å². The number of benzene rings is 1. The molecule has 1 saturated heterocycles. The molecule has 8 nitrogen and oxygen atoms in total. The molecule has 1 aromatic carbocycles. The number of carbonyl (C=O) groups excluding carboxylic acids is 2. The molecule has 2 heterocycles. The molecule has 166 valence electrons. The summed E-state index contributed by atoms with van der Waals surface area (Å²) in [6.45, 7) is 1.91. The number of rotatable bonds is 6. The van der Waals surface area contributed by atoms with Crippen LogP contribution in [0, 0.1) is 0 Å². The Balaban J connectivity index is 1.40. The summed E-state index contributed by atoms with van der Waals surface area (Å²) in [7, 11) is 0. The van der Waals surface area contributed by atoms with E-state index in [-0.39, 0.29) is 17.7 Å². The summed E-state index contributed by atoms with van der Waals surface area (Å²) in [5.41, 5.74) is 0.964. The van der Waals surface area contributed by atoms with Crippen LogP contribution in [0.1, 0.15) is 51.4 Å². The summed E-state index contributed by atoms with van der Waals surface area (Å²) in [5.74, 6) is 0.576. The zero-order valence-electron chi connectivity index (χ0n) is 17.8. The van der Waals surface area contributed by atoms with Crippen LogP contribution in [0.5, 0.6) is 0 Å². The van der Waals surface area contributed by atoms with Gasteiger partial charge in [0, 0.05) is 19.1 Å². The molecule has 1 aliphatic carbocycles. The number of nitrogens with zero attached hydrogens (tertiary/aromatic N) is 4. The van der Waals surface area contributed by atoms with E-state index in [1.807, 2.05) is 34.9 Å². The van der Waals surface area contributed by atoms with E-state index in [2.05, 4.69) is 25.7 Å². The number of piperidine rings is 1. The van der Waals surface area contributed by atoms with Crippen molar-refractivity contribution in [3.8, 4) is 5.69 Å². The van der Waals surface area contributed by atoms with Crippen LogP contribution in [0.25, 0.3) is 5.69 Å². The second kappa shape index (κ2) is 10.7. The third kappa shape index (κ3) is 5.78. The number of imide groups is 1. The quantitative estimate of drug-likeness (QED) is 0.665. The van der Waals surface area contributed by atoms with Gasteiger partial charge in [-0.2, -0.15) is 0 Å².